The Balaban J connectivity index is 2.03. The summed E-state index contributed by atoms with van der Waals surface area (Å²) < 4.78 is 7.66. The van der Waals surface area contributed by atoms with E-state index in [1.54, 1.807) is 0 Å². The third-order valence-electron chi connectivity index (χ3n) is 3.37. The summed E-state index contributed by atoms with van der Waals surface area (Å²) in [4.78, 5) is 0. The summed E-state index contributed by atoms with van der Waals surface area (Å²) in [5.41, 5.74) is 0. The molecule has 116 valence electrons. The van der Waals surface area contributed by atoms with E-state index in [0.717, 1.165) is 11.6 Å². The van der Waals surface area contributed by atoms with Gasteiger partial charge in [-0.3, -0.25) is 0 Å². The smallest absolute Gasteiger partial charge is 0.303 e. The Kier molecular flexibility index (Phi) is 5.07. The highest BCUT2D eigenvalue weighted by molar-refractivity contribution is 5.72. The zero-order valence-electron chi connectivity index (χ0n) is 12.6. The lowest BCUT2D eigenvalue weighted by molar-refractivity contribution is -0.672. The first-order chi connectivity index (χ1) is 10.7. The minimum absolute atomic E-state index is 0.666. The van der Waals surface area contributed by atoms with E-state index < -0.39 is 0 Å². The molecule has 8 heteroatoms. The van der Waals surface area contributed by atoms with Gasteiger partial charge in [-0.1, -0.05) is 10.3 Å². The molecular formula is C14H20N6O2+2. The van der Waals surface area contributed by atoms with Crippen LogP contribution in [0.1, 0.15) is 11.6 Å². The number of aryl methyl sites for hydroxylation is 2. The maximum atomic E-state index is 8.68. The van der Waals surface area contributed by atoms with Crippen LogP contribution >= 0.6 is 0 Å². The minimum atomic E-state index is 0.666. The Morgan fingerprint density at radius 2 is 1.32 bits per heavy atom. The largest absolute Gasteiger partial charge is 0.411 e. The van der Waals surface area contributed by atoms with E-state index in [9.17, 15) is 0 Å². The zero-order valence-corrected chi connectivity index (χ0v) is 12.6. The third kappa shape index (κ3) is 3.40. The van der Waals surface area contributed by atoms with Gasteiger partial charge < -0.3 is 10.4 Å². The van der Waals surface area contributed by atoms with Gasteiger partial charge in [-0.2, -0.15) is 0 Å². The van der Waals surface area contributed by atoms with Crippen LogP contribution in [0.3, 0.4) is 0 Å². The van der Waals surface area contributed by atoms with Crippen molar-refractivity contribution in [1.29, 1.82) is 0 Å². The maximum absolute atomic E-state index is 8.68. The molecule has 0 atom stereocenters. The Morgan fingerprint density at radius 3 is 1.68 bits per heavy atom. The van der Waals surface area contributed by atoms with Gasteiger partial charge >= 0.3 is 11.6 Å². The first-order valence-corrected chi connectivity index (χ1v) is 6.76. The molecule has 2 aromatic rings. The molecule has 2 rings (SSSR count). The molecule has 2 N–H and O–H groups in total. The molecule has 0 aliphatic rings. The summed E-state index contributed by atoms with van der Waals surface area (Å²) in [6.45, 7) is 1.33. The predicted molar refractivity (Wildman–Crippen MR) is 79.1 cm³/mol. The fourth-order valence-electron chi connectivity index (χ4n) is 2.19. The van der Waals surface area contributed by atoms with Crippen LogP contribution in [-0.4, -0.2) is 32.0 Å². The molecule has 0 unspecified atom stereocenters. The van der Waals surface area contributed by atoms with Gasteiger partial charge in [0, 0.05) is 0 Å². The molecule has 0 fully saturated rings. The molecule has 8 nitrogen and oxygen atoms in total. The fourth-order valence-corrected chi connectivity index (χ4v) is 2.19. The lowest BCUT2D eigenvalue weighted by atomic mass is 10.4. The number of oxime groups is 2. The average molecular weight is 304 g/mol. The van der Waals surface area contributed by atoms with Crippen molar-refractivity contribution in [3.63, 3.8) is 0 Å². The van der Waals surface area contributed by atoms with Crippen LogP contribution in [0.4, 0.5) is 0 Å². The van der Waals surface area contributed by atoms with Gasteiger partial charge in [0.05, 0.1) is 14.1 Å². The molecule has 22 heavy (non-hydrogen) atoms. The molecule has 0 bridgehead atoms. The van der Waals surface area contributed by atoms with Gasteiger partial charge in [-0.05, 0) is 12.2 Å². The molecule has 0 radical (unpaired) electrons. The first kappa shape index (κ1) is 15.5. The minimum Gasteiger partial charge on any atom is -0.411 e. The Bertz CT molecular complexity index is 651. The van der Waals surface area contributed by atoms with Gasteiger partial charge in [-0.25, -0.2) is 18.3 Å². The Morgan fingerprint density at radius 1 is 0.909 bits per heavy atom. The van der Waals surface area contributed by atoms with E-state index in [4.69, 9.17) is 10.4 Å². The summed E-state index contributed by atoms with van der Waals surface area (Å²) in [6, 6.07) is 0. The van der Waals surface area contributed by atoms with Crippen molar-refractivity contribution in [3.8, 4) is 0 Å². The van der Waals surface area contributed by atoms with Crippen LogP contribution in [-0.2, 0) is 27.2 Å². The monoisotopic (exact) mass is 304 g/mol. The molecule has 0 spiro atoms. The second-order valence-corrected chi connectivity index (χ2v) is 4.80. The highest BCUT2D eigenvalue weighted by atomic mass is 16.4. The quantitative estimate of drug-likeness (QED) is 0.255. The predicted octanol–water partition coefficient (Wildman–Crippen LogP) is -0.189. The van der Waals surface area contributed by atoms with E-state index in [0.29, 0.717) is 13.1 Å². The van der Waals surface area contributed by atoms with E-state index in [-0.39, 0.29) is 0 Å². The van der Waals surface area contributed by atoms with Crippen LogP contribution < -0.4 is 9.13 Å². The van der Waals surface area contributed by atoms with E-state index in [2.05, 4.69) is 10.3 Å². The van der Waals surface area contributed by atoms with Crippen LogP contribution in [0.25, 0.3) is 0 Å². The molecule has 0 saturated heterocycles. The maximum Gasteiger partial charge on any atom is 0.303 e. The highest BCUT2D eigenvalue weighted by Crippen LogP contribution is 1.96. The summed E-state index contributed by atoms with van der Waals surface area (Å²) in [5.74, 6) is 1.60. The first-order valence-electron chi connectivity index (χ1n) is 6.76. The van der Waals surface area contributed by atoms with E-state index >= 15 is 0 Å². The van der Waals surface area contributed by atoms with Crippen LogP contribution in [0.5, 0.6) is 0 Å². The van der Waals surface area contributed by atoms with Crippen LogP contribution in [0.15, 0.2) is 47.3 Å². The second-order valence-electron chi connectivity index (χ2n) is 4.80. The molecule has 0 amide bonds. The van der Waals surface area contributed by atoms with Gasteiger partial charge in [0.1, 0.15) is 37.9 Å². The molecule has 2 heterocycles. The van der Waals surface area contributed by atoms with E-state index in [1.807, 2.05) is 69.3 Å². The standard InChI is InChI=1S/C14H18N6O2/c1-17-7-9-19(13(17)11-15-21)5-3-4-6-20-10-8-18(2)14(20)12-16-22/h3-4,7-12H,5-6H2,1-2H3/p+2/b4-3+. The highest BCUT2D eigenvalue weighted by Gasteiger charge is 2.12. The Hall–Kier alpha value is -2.90. The topological polar surface area (TPSA) is 82.8 Å². The molecule has 0 aliphatic heterocycles. The molecule has 0 aromatic carbocycles. The lowest BCUT2D eigenvalue weighted by Gasteiger charge is -1.95. The van der Waals surface area contributed by atoms with Gasteiger partial charge in [0.25, 0.3) is 0 Å². The summed E-state index contributed by atoms with van der Waals surface area (Å²) in [5, 5.41) is 23.5. The molecule has 2 aromatic heterocycles. The number of allylic oxidation sites excluding steroid dienone is 2. The Labute approximate surface area is 128 Å². The number of hydrogen-bond donors (Lipinski definition) is 2. The van der Waals surface area contributed by atoms with Crippen molar-refractivity contribution in [1.82, 2.24) is 9.13 Å². The third-order valence-corrected chi connectivity index (χ3v) is 3.37. The van der Waals surface area contributed by atoms with E-state index in [1.165, 1.54) is 12.4 Å². The van der Waals surface area contributed by atoms with Crippen LogP contribution in [0.2, 0.25) is 0 Å². The summed E-state index contributed by atoms with van der Waals surface area (Å²) in [7, 11) is 3.77. The number of imidazole rings is 2. The number of aromatic nitrogens is 4. The summed E-state index contributed by atoms with van der Waals surface area (Å²) in [6.07, 6.45) is 14.5. The lowest BCUT2D eigenvalue weighted by Crippen LogP contribution is -2.32. The summed E-state index contributed by atoms with van der Waals surface area (Å²) >= 11 is 0. The van der Waals surface area contributed by atoms with Gasteiger partial charge in [0.2, 0.25) is 0 Å². The van der Waals surface area contributed by atoms with Crippen molar-refractivity contribution >= 4 is 12.4 Å². The van der Waals surface area contributed by atoms with Crippen molar-refractivity contribution in [2.24, 2.45) is 24.4 Å². The fraction of sp³-hybridized carbons (Fsp3) is 0.286. The van der Waals surface area contributed by atoms with Gasteiger partial charge in [0.15, 0.2) is 12.4 Å². The average Bonchev–Trinajstić information content (AvgIpc) is 3.02. The molecular weight excluding hydrogens is 284 g/mol. The zero-order chi connectivity index (χ0) is 15.9. The SMILES string of the molecule is C[n+]1ccn(C/C=C/Cn2cc[n+](C)c2C=NO)c1C=NO. The van der Waals surface area contributed by atoms with Gasteiger partial charge in [-0.15, -0.1) is 0 Å². The van der Waals surface area contributed by atoms with Crippen molar-refractivity contribution in [2.75, 3.05) is 0 Å². The normalized spacial score (nSPS) is 12.3. The van der Waals surface area contributed by atoms with Crippen molar-refractivity contribution in [3.05, 3.63) is 48.6 Å². The number of nitrogens with zero attached hydrogens (tertiary/aromatic N) is 6. The number of hydrogen-bond acceptors (Lipinski definition) is 4. The van der Waals surface area contributed by atoms with Crippen LogP contribution in [0, 0.1) is 0 Å². The second kappa shape index (κ2) is 7.21. The van der Waals surface area contributed by atoms with Crippen molar-refractivity contribution in [2.45, 2.75) is 13.1 Å². The number of rotatable bonds is 6. The van der Waals surface area contributed by atoms with Crippen molar-refractivity contribution < 1.29 is 19.5 Å². The molecule has 0 aliphatic carbocycles. The molecule has 0 saturated carbocycles.